The average molecular weight is 236 g/mol. The third-order valence-electron chi connectivity index (χ3n) is 1.86. The Morgan fingerprint density at radius 1 is 1.07 bits per heavy atom. The van der Waals surface area contributed by atoms with Gasteiger partial charge in [0.05, 0.1) is 0 Å². The molecule has 0 spiro atoms. The van der Waals surface area contributed by atoms with Gasteiger partial charge in [-0.1, -0.05) is 75.5 Å². The largest absolute Gasteiger partial charge is 0.0938 e. The molecule has 1 saturated heterocycles. The molecule has 88 valence electrons. The molecule has 1 rings (SSSR count). The van der Waals surface area contributed by atoms with Gasteiger partial charge in [-0.05, 0) is 12.8 Å². The van der Waals surface area contributed by atoms with Gasteiger partial charge in [-0.15, -0.1) is 0 Å². The summed E-state index contributed by atoms with van der Waals surface area (Å²) in [6, 6.07) is 0. The molecule has 0 aromatic rings. The lowest BCUT2D eigenvalue weighted by atomic mass is 10.1. The van der Waals surface area contributed by atoms with E-state index in [0.717, 1.165) is 5.25 Å². The van der Waals surface area contributed by atoms with E-state index in [0.29, 0.717) is 0 Å². The van der Waals surface area contributed by atoms with Crippen molar-refractivity contribution in [2.24, 2.45) is 0 Å². The van der Waals surface area contributed by atoms with E-state index >= 15 is 0 Å². The van der Waals surface area contributed by atoms with Gasteiger partial charge in [-0.25, -0.2) is 0 Å². The molecule has 0 N–H and O–H groups in total. The lowest BCUT2D eigenvalue weighted by Crippen LogP contribution is -1.96. The molecule has 1 aliphatic rings. The first-order valence-electron chi connectivity index (χ1n) is 6.21. The van der Waals surface area contributed by atoms with E-state index in [1.165, 1.54) is 37.9 Å². The van der Waals surface area contributed by atoms with Crippen LogP contribution in [0.3, 0.4) is 0 Å². The number of hydrogen-bond donors (Lipinski definition) is 0. The van der Waals surface area contributed by atoms with Crippen molar-refractivity contribution in [3.63, 3.8) is 0 Å². The van der Waals surface area contributed by atoms with Crippen LogP contribution in [0.2, 0.25) is 0 Å². The van der Waals surface area contributed by atoms with Gasteiger partial charge < -0.3 is 0 Å². The third kappa shape index (κ3) is 10.8. The Bertz CT molecular complexity index is 78.4. The van der Waals surface area contributed by atoms with Crippen LogP contribution in [0, 0.1) is 0 Å². The fourth-order valence-electron chi connectivity index (χ4n) is 1.19. The molecule has 1 unspecified atom stereocenters. The maximum absolute atomic E-state index is 2.27. The summed E-state index contributed by atoms with van der Waals surface area (Å²) in [5.41, 5.74) is 0. The summed E-state index contributed by atoms with van der Waals surface area (Å²) in [6.07, 6.45) is 7.17. The van der Waals surface area contributed by atoms with Gasteiger partial charge in [-0.3, -0.25) is 0 Å². The molecule has 0 aromatic carbocycles. The fraction of sp³-hybridized carbons (Fsp3) is 1.00. The van der Waals surface area contributed by atoms with Crippen LogP contribution >= 0.6 is 21.6 Å². The molecule has 2 heteroatoms. The van der Waals surface area contributed by atoms with Crippen LogP contribution in [0.4, 0.5) is 0 Å². The fourth-order valence-corrected chi connectivity index (χ4v) is 4.21. The summed E-state index contributed by atoms with van der Waals surface area (Å²) in [4.78, 5) is 0. The zero-order chi connectivity index (χ0) is 11.2. The second-order valence-electron chi connectivity index (χ2n) is 2.82. The van der Waals surface area contributed by atoms with Crippen LogP contribution in [0.25, 0.3) is 0 Å². The van der Waals surface area contributed by atoms with E-state index in [4.69, 9.17) is 0 Å². The van der Waals surface area contributed by atoms with Crippen molar-refractivity contribution in [1.29, 1.82) is 0 Å². The Hall–Kier alpha value is 0.700. The summed E-state index contributed by atoms with van der Waals surface area (Å²) in [6.45, 7) is 10.3. The molecule has 0 bridgehead atoms. The van der Waals surface area contributed by atoms with Crippen LogP contribution in [0.1, 0.15) is 66.7 Å². The summed E-state index contributed by atoms with van der Waals surface area (Å²) < 4.78 is 0. The number of hydrogen-bond acceptors (Lipinski definition) is 2. The second kappa shape index (κ2) is 16.1. The van der Waals surface area contributed by atoms with Crippen LogP contribution in [0.15, 0.2) is 0 Å². The first-order valence-corrected chi connectivity index (χ1v) is 8.60. The van der Waals surface area contributed by atoms with Crippen LogP contribution < -0.4 is 0 Å². The minimum atomic E-state index is 0.997. The Kier molecular flexibility index (Phi) is 19.7. The van der Waals surface area contributed by atoms with Crippen LogP contribution in [0.5, 0.6) is 0 Å². The minimum Gasteiger partial charge on any atom is -0.0938 e. The van der Waals surface area contributed by atoms with Crippen molar-refractivity contribution in [3.05, 3.63) is 0 Å². The maximum atomic E-state index is 2.27. The zero-order valence-electron chi connectivity index (χ0n) is 10.6. The lowest BCUT2D eigenvalue weighted by Gasteiger charge is -2.04. The van der Waals surface area contributed by atoms with Gasteiger partial charge >= 0.3 is 0 Å². The van der Waals surface area contributed by atoms with Crippen molar-refractivity contribution in [2.45, 2.75) is 72.0 Å². The Labute approximate surface area is 99.4 Å². The van der Waals surface area contributed by atoms with E-state index in [1.807, 2.05) is 27.7 Å². The average Bonchev–Trinajstić information content (AvgIpc) is 2.77. The smallest absolute Gasteiger partial charge is 0.0159 e. The van der Waals surface area contributed by atoms with Crippen LogP contribution in [-0.2, 0) is 0 Å². The highest BCUT2D eigenvalue weighted by Crippen LogP contribution is 2.39. The van der Waals surface area contributed by atoms with Crippen molar-refractivity contribution >= 4 is 21.6 Å². The third-order valence-corrected chi connectivity index (χ3v) is 4.86. The minimum absolute atomic E-state index is 0.997. The normalized spacial score (nSPS) is 19.1. The molecular weight excluding hydrogens is 208 g/mol. The second-order valence-corrected chi connectivity index (χ2v) is 5.61. The van der Waals surface area contributed by atoms with Gasteiger partial charge in [-0.2, -0.15) is 0 Å². The number of unbranched alkanes of at least 4 members (excludes halogenated alkanes) is 2. The molecule has 0 aromatic heterocycles. The molecule has 0 radical (unpaired) electrons. The van der Waals surface area contributed by atoms with E-state index in [1.54, 1.807) is 0 Å². The first kappa shape index (κ1) is 17.1. The highest BCUT2D eigenvalue weighted by Gasteiger charge is 2.14. The molecule has 0 saturated carbocycles. The predicted molar refractivity (Wildman–Crippen MR) is 75.3 cm³/mol. The van der Waals surface area contributed by atoms with Crippen molar-refractivity contribution in [1.82, 2.24) is 0 Å². The predicted octanol–water partition coefficient (Wildman–Crippen LogP) is 5.77. The van der Waals surface area contributed by atoms with Gasteiger partial charge in [0.2, 0.25) is 0 Å². The molecule has 14 heavy (non-hydrogen) atoms. The summed E-state index contributed by atoms with van der Waals surface area (Å²) in [5.74, 6) is 1.39. The maximum Gasteiger partial charge on any atom is 0.0159 e. The lowest BCUT2D eigenvalue weighted by molar-refractivity contribution is 0.642. The highest BCUT2D eigenvalue weighted by atomic mass is 33.1. The van der Waals surface area contributed by atoms with Crippen molar-refractivity contribution in [3.8, 4) is 0 Å². The highest BCUT2D eigenvalue weighted by molar-refractivity contribution is 8.77. The molecular formula is C12H28S2. The summed E-state index contributed by atoms with van der Waals surface area (Å²) in [5, 5.41) is 0.997. The molecule has 0 nitrogen and oxygen atoms in total. The molecule has 1 fully saturated rings. The van der Waals surface area contributed by atoms with Gasteiger partial charge in [0.15, 0.2) is 0 Å². The van der Waals surface area contributed by atoms with Gasteiger partial charge in [0, 0.05) is 11.0 Å². The van der Waals surface area contributed by atoms with E-state index in [9.17, 15) is 0 Å². The quantitative estimate of drug-likeness (QED) is 0.449. The molecule has 1 heterocycles. The monoisotopic (exact) mass is 236 g/mol. The molecule has 0 amide bonds. The zero-order valence-corrected chi connectivity index (χ0v) is 12.3. The molecule has 1 aliphatic heterocycles. The summed E-state index contributed by atoms with van der Waals surface area (Å²) >= 11 is 0. The standard InChI is InChI=1S/C8H16S2.2C2H6/c1-2-3-4-5-8-6-7-9-10-8;2*1-2/h8H,2-7H2,1H3;2*1-2H3. The molecule has 0 aliphatic carbocycles. The molecule has 1 atom stereocenters. The van der Waals surface area contributed by atoms with Gasteiger partial charge in [0.25, 0.3) is 0 Å². The topological polar surface area (TPSA) is 0 Å². The van der Waals surface area contributed by atoms with Gasteiger partial charge in [0.1, 0.15) is 0 Å². The van der Waals surface area contributed by atoms with Crippen molar-refractivity contribution in [2.75, 3.05) is 5.75 Å². The van der Waals surface area contributed by atoms with E-state index in [-0.39, 0.29) is 0 Å². The Balaban J connectivity index is 0. The van der Waals surface area contributed by atoms with E-state index in [2.05, 4.69) is 28.5 Å². The van der Waals surface area contributed by atoms with Crippen LogP contribution in [-0.4, -0.2) is 11.0 Å². The van der Waals surface area contributed by atoms with E-state index < -0.39 is 0 Å². The summed E-state index contributed by atoms with van der Waals surface area (Å²) in [7, 11) is 4.17. The SMILES string of the molecule is CC.CC.CCCCCC1CCSS1. The Morgan fingerprint density at radius 3 is 2.14 bits per heavy atom. The Morgan fingerprint density at radius 2 is 1.71 bits per heavy atom. The van der Waals surface area contributed by atoms with Crippen molar-refractivity contribution < 1.29 is 0 Å². The number of rotatable bonds is 4. The first-order chi connectivity index (χ1) is 6.93.